The number of nitrogens with zero attached hydrogens (tertiary/aromatic N) is 2. The van der Waals surface area contributed by atoms with Crippen LogP contribution in [-0.4, -0.2) is 27.9 Å². The Labute approximate surface area is 171 Å². The van der Waals surface area contributed by atoms with E-state index in [9.17, 15) is 15.1 Å². The minimum absolute atomic E-state index is 0.108. The van der Waals surface area contributed by atoms with Crippen LogP contribution in [0.15, 0.2) is 48.8 Å². The van der Waals surface area contributed by atoms with Crippen LogP contribution in [0.2, 0.25) is 0 Å². The van der Waals surface area contributed by atoms with E-state index < -0.39 is 5.60 Å². The SMILES string of the molecule is CC(=O)[C@@H]1CC[C@H]2[C@@H]3CCc4c[n+]([O-])ccc4[C@H]3N(Cc3ccccc3)C[C@]12O. The highest BCUT2D eigenvalue weighted by atomic mass is 16.5. The summed E-state index contributed by atoms with van der Waals surface area (Å²) in [6, 6.07) is 12.5. The minimum Gasteiger partial charge on any atom is -0.619 e. The maximum Gasteiger partial charge on any atom is 0.183 e. The van der Waals surface area contributed by atoms with Crippen molar-refractivity contribution in [2.24, 2.45) is 17.8 Å². The number of pyridine rings is 1. The molecule has 2 heterocycles. The van der Waals surface area contributed by atoms with Crippen LogP contribution in [0.3, 0.4) is 0 Å². The Morgan fingerprint density at radius 2 is 2.03 bits per heavy atom. The number of aromatic nitrogens is 1. The van der Waals surface area contributed by atoms with Gasteiger partial charge >= 0.3 is 0 Å². The lowest BCUT2D eigenvalue weighted by Gasteiger charge is -2.54. The van der Waals surface area contributed by atoms with Crippen LogP contribution in [0.25, 0.3) is 0 Å². The van der Waals surface area contributed by atoms with E-state index in [4.69, 9.17) is 0 Å². The molecule has 5 nitrogen and oxygen atoms in total. The summed E-state index contributed by atoms with van der Waals surface area (Å²) in [7, 11) is 0. The number of carbonyl (C=O) groups excluding carboxylic acids is 1. The van der Waals surface area contributed by atoms with Gasteiger partial charge < -0.3 is 10.3 Å². The number of likely N-dealkylation sites (tertiary alicyclic amines) is 1. The predicted octanol–water partition coefficient (Wildman–Crippen LogP) is 2.79. The summed E-state index contributed by atoms with van der Waals surface area (Å²) >= 11 is 0. The van der Waals surface area contributed by atoms with Gasteiger partial charge in [0.05, 0.1) is 5.60 Å². The highest BCUT2D eigenvalue weighted by molar-refractivity contribution is 5.80. The van der Waals surface area contributed by atoms with Crippen molar-refractivity contribution in [2.45, 2.75) is 50.8 Å². The molecule has 152 valence electrons. The van der Waals surface area contributed by atoms with Gasteiger partial charge in [-0.25, -0.2) is 0 Å². The summed E-state index contributed by atoms with van der Waals surface area (Å²) in [5.74, 6) is 0.280. The number of aliphatic hydroxyl groups is 1. The fourth-order valence-electron chi connectivity index (χ4n) is 6.50. The molecule has 1 saturated heterocycles. The van der Waals surface area contributed by atoms with Gasteiger partial charge in [0.2, 0.25) is 0 Å². The monoisotopic (exact) mass is 392 g/mol. The molecule has 1 aromatic carbocycles. The van der Waals surface area contributed by atoms with Crippen molar-refractivity contribution in [3.63, 3.8) is 0 Å². The second kappa shape index (κ2) is 6.92. The number of benzene rings is 1. The molecule has 2 aliphatic carbocycles. The molecule has 5 rings (SSSR count). The van der Waals surface area contributed by atoms with Gasteiger partial charge in [0.25, 0.3) is 0 Å². The Bertz CT molecular complexity index is 931. The summed E-state index contributed by atoms with van der Waals surface area (Å²) in [6.45, 7) is 2.86. The van der Waals surface area contributed by atoms with Crippen LogP contribution in [-0.2, 0) is 17.8 Å². The Morgan fingerprint density at radius 3 is 2.79 bits per heavy atom. The van der Waals surface area contributed by atoms with Crippen molar-refractivity contribution >= 4 is 5.78 Å². The largest absolute Gasteiger partial charge is 0.619 e. The van der Waals surface area contributed by atoms with Gasteiger partial charge in [0.1, 0.15) is 5.78 Å². The molecule has 0 spiro atoms. The number of hydrogen-bond acceptors (Lipinski definition) is 4. The van der Waals surface area contributed by atoms with Crippen molar-refractivity contribution in [3.8, 4) is 0 Å². The normalized spacial score (nSPS) is 33.6. The molecule has 0 unspecified atom stereocenters. The number of aryl methyl sites for hydroxylation is 1. The van der Waals surface area contributed by atoms with E-state index in [2.05, 4.69) is 17.0 Å². The van der Waals surface area contributed by atoms with Gasteiger partial charge in [-0.2, -0.15) is 4.73 Å². The first-order valence-corrected chi connectivity index (χ1v) is 10.7. The smallest absolute Gasteiger partial charge is 0.183 e. The Kier molecular flexibility index (Phi) is 4.48. The maximum absolute atomic E-state index is 12.4. The fraction of sp³-hybridized carbons (Fsp3) is 0.500. The van der Waals surface area contributed by atoms with Crippen LogP contribution in [0.4, 0.5) is 0 Å². The molecule has 29 heavy (non-hydrogen) atoms. The zero-order chi connectivity index (χ0) is 20.2. The Morgan fingerprint density at radius 1 is 1.24 bits per heavy atom. The van der Waals surface area contributed by atoms with Crippen LogP contribution < -0.4 is 4.73 Å². The number of rotatable bonds is 3. The average Bonchev–Trinajstić information content (AvgIpc) is 3.05. The number of piperidine rings is 1. The highest BCUT2D eigenvalue weighted by Gasteiger charge is 2.60. The highest BCUT2D eigenvalue weighted by Crippen LogP contribution is 2.57. The quantitative estimate of drug-likeness (QED) is 0.644. The van der Waals surface area contributed by atoms with E-state index in [-0.39, 0.29) is 23.7 Å². The number of hydrogen-bond donors (Lipinski definition) is 1. The standard InChI is InChI=1S/C24H28N2O3/c1-16(27)21-9-10-22-20-8-7-18-14-26(29)12-11-19(18)23(20)25(15-24(21,22)28)13-17-5-3-2-4-6-17/h2-6,11-12,14,20-23,28H,7-10,13,15H2,1H3/t20-,21-,22-,23+,24-/m0/s1. The first-order chi connectivity index (χ1) is 14.0. The lowest BCUT2D eigenvalue weighted by atomic mass is 9.64. The van der Waals surface area contributed by atoms with Crippen molar-refractivity contribution in [1.82, 2.24) is 4.90 Å². The van der Waals surface area contributed by atoms with Crippen molar-refractivity contribution < 1.29 is 14.6 Å². The molecule has 0 bridgehead atoms. The van der Waals surface area contributed by atoms with E-state index in [0.717, 1.165) is 42.5 Å². The second-order valence-corrected chi connectivity index (χ2v) is 9.16. The van der Waals surface area contributed by atoms with Crippen LogP contribution >= 0.6 is 0 Å². The summed E-state index contributed by atoms with van der Waals surface area (Å²) in [5.41, 5.74) is 2.59. The van der Waals surface area contributed by atoms with Gasteiger partial charge in [-0.15, -0.1) is 0 Å². The molecular formula is C24H28N2O3. The molecule has 2 fully saturated rings. The number of Topliss-reactive ketones (excluding diaryl/α,β-unsaturated/α-hetero) is 1. The molecule has 0 amide bonds. The number of fused-ring (bicyclic) bond motifs is 5. The van der Waals surface area contributed by atoms with Crippen LogP contribution in [0.5, 0.6) is 0 Å². The van der Waals surface area contributed by atoms with Gasteiger partial charge in [-0.1, -0.05) is 30.3 Å². The van der Waals surface area contributed by atoms with E-state index >= 15 is 0 Å². The Hall–Kier alpha value is -2.24. The summed E-state index contributed by atoms with van der Waals surface area (Å²) in [5, 5.41) is 23.7. The zero-order valence-electron chi connectivity index (χ0n) is 16.8. The van der Waals surface area contributed by atoms with E-state index in [1.165, 1.54) is 11.1 Å². The number of β-amino-alcohol motifs (C(OH)–C–C–N with tert-alkyl or cyclic N) is 1. The molecule has 1 aromatic heterocycles. The topological polar surface area (TPSA) is 67.5 Å². The third-order valence-electron chi connectivity index (χ3n) is 7.62. The first-order valence-electron chi connectivity index (χ1n) is 10.7. The van der Waals surface area contributed by atoms with Crippen molar-refractivity contribution in [2.75, 3.05) is 6.54 Å². The summed E-state index contributed by atoms with van der Waals surface area (Å²) in [6.07, 6.45) is 6.79. The third-order valence-corrected chi connectivity index (χ3v) is 7.62. The molecule has 1 saturated carbocycles. The maximum atomic E-state index is 12.4. The van der Waals surface area contributed by atoms with Crippen molar-refractivity contribution in [3.05, 3.63) is 70.7 Å². The van der Waals surface area contributed by atoms with Gasteiger partial charge in [-0.05, 0) is 55.6 Å². The van der Waals surface area contributed by atoms with Gasteiger partial charge in [0.15, 0.2) is 12.4 Å². The lowest BCUT2D eigenvalue weighted by Crippen LogP contribution is -2.61. The van der Waals surface area contributed by atoms with Crippen LogP contribution in [0.1, 0.15) is 48.9 Å². The third kappa shape index (κ3) is 2.99. The molecule has 3 aliphatic rings. The predicted molar refractivity (Wildman–Crippen MR) is 109 cm³/mol. The summed E-state index contributed by atoms with van der Waals surface area (Å²) in [4.78, 5) is 14.7. The molecule has 2 aromatic rings. The zero-order valence-corrected chi connectivity index (χ0v) is 16.8. The molecule has 5 atom stereocenters. The molecule has 5 heteroatoms. The molecule has 1 aliphatic heterocycles. The summed E-state index contributed by atoms with van der Waals surface area (Å²) < 4.78 is 0.890. The number of ketones is 1. The van der Waals surface area contributed by atoms with Gasteiger partial charge in [-0.3, -0.25) is 9.69 Å². The van der Waals surface area contributed by atoms with E-state index in [1.807, 2.05) is 24.3 Å². The lowest BCUT2D eigenvalue weighted by molar-refractivity contribution is -0.606. The van der Waals surface area contributed by atoms with Crippen molar-refractivity contribution in [1.29, 1.82) is 0 Å². The molecular weight excluding hydrogens is 364 g/mol. The fourth-order valence-corrected chi connectivity index (χ4v) is 6.50. The average molecular weight is 392 g/mol. The Balaban J connectivity index is 1.58. The minimum atomic E-state index is -0.952. The molecule has 1 N–H and O–H groups in total. The van der Waals surface area contributed by atoms with Crippen LogP contribution in [0, 0.1) is 23.0 Å². The first kappa shape index (κ1) is 18.8. The van der Waals surface area contributed by atoms with E-state index in [1.54, 1.807) is 19.3 Å². The van der Waals surface area contributed by atoms with Gasteiger partial charge in [0, 0.05) is 36.7 Å². The number of carbonyl (C=O) groups is 1. The van der Waals surface area contributed by atoms with E-state index in [0.29, 0.717) is 12.5 Å². The molecule has 0 radical (unpaired) electrons. The second-order valence-electron chi connectivity index (χ2n) is 9.16.